The first-order chi connectivity index (χ1) is 15.5. The summed E-state index contributed by atoms with van der Waals surface area (Å²) in [6.45, 7) is 4.95. The van der Waals surface area contributed by atoms with E-state index in [0.29, 0.717) is 40.5 Å². The molecule has 5 heteroatoms. The largest absolute Gasteiger partial charge is 0.494 e. The van der Waals surface area contributed by atoms with Crippen molar-refractivity contribution in [1.29, 1.82) is 0 Å². The summed E-state index contributed by atoms with van der Waals surface area (Å²) >= 11 is 6.40. The number of aryl methyl sites for hydroxylation is 2. The van der Waals surface area contributed by atoms with E-state index < -0.39 is 0 Å². The Morgan fingerprint density at radius 1 is 0.844 bits per heavy atom. The van der Waals surface area contributed by atoms with Crippen molar-refractivity contribution in [2.45, 2.75) is 26.7 Å². The normalized spacial score (nSPS) is 11.0. The van der Waals surface area contributed by atoms with E-state index in [-0.39, 0.29) is 11.2 Å². The maximum Gasteiger partial charge on any atom is 0.235 e. The number of rotatable bonds is 8. The molecule has 32 heavy (non-hydrogen) atoms. The third kappa shape index (κ3) is 4.97. The third-order valence-electron chi connectivity index (χ3n) is 5.20. The van der Waals surface area contributed by atoms with Crippen molar-refractivity contribution >= 4 is 22.6 Å². The van der Waals surface area contributed by atoms with Crippen LogP contribution in [0.5, 0.6) is 11.5 Å². The van der Waals surface area contributed by atoms with Gasteiger partial charge >= 0.3 is 0 Å². The Labute approximate surface area is 192 Å². The van der Waals surface area contributed by atoms with Crippen molar-refractivity contribution in [2.24, 2.45) is 0 Å². The second-order valence-corrected chi connectivity index (χ2v) is 8.19. The summed E-state index contributed by atoms with van der Waals surface area (Å²) < 4.78 is 17.9. The summed E-state index contributed by atoms with van der Waals surface area (Å²) in [5, 5.41) is 0.989. The zero-order valence-electron chi connectivity index (χ0n) is 18.2. The van der Waals surface area contributed by atoms with E-state index in [0.717, 1.165) is 24.2 Å². The van der Waals surface area contributed by atoms with E-state index in [4.69, 9.17) is 25.5 Å². The number of hydrogen-bond acceptors (Lipinski definition) is 4. The lowest BCUT2D eigenvalue weighted by molar-refractivity contribution is 0.263. The monoisotopic (exact) mass is 448 g/mol. The average Bonchev–Trinajstić information content (AvgIpc) is 2.78. The fraction of sp³-hybridized carbons (Fsp3) is 0.222. The Hall–Kier alpha value is -3.24. The minimum Gasteiger partial charge on any atom is -0.494 e. The SMILES string of the molecule is Cc1ccc(OCCCCOc2c(-c3ccccc3Cl)oc3cc(C)ccc3c2=O)cc1. The van der Waals surface area contributed by atoms with Crippen molar-refractivity contribution < 1.29 is 13.9 Å². The van der Waals surface area contributed by atoms with Gasteiger partial charge in [0.05, 0.1) is 23.6 Å². The van der Waals surface area contributed by atoms with E-state index in [2.05, 4.69) is 0 Å². The molecule has 0 spiro atoms. The molecule has 0 saturated carbocycles. The molecule has 0 bridgehead atoms. The standard InChI is InChI=1S/C27H25ClO4/c1-18-9-12-20(13-10-18)30-15-5-6-16-31-27-25(29)22-14-11-19(2)17-24(22)32-26(27)21-7-3-4-8-23(21)28/h3-4,7-14,17H,5-6,15-16H2,1-2H3. The highest BCUT2D eigenvalue weighted by Gasteiger charge is 2.19. The summed E-state index contributed by atoms with van der Waals surface area (Å²) in [5.41, 5.74) is 3.16. The molecular weight excluding hydrogens is 424 g/mol. The number of unbranched alkanes of at least 4 members (excludes halogenated alkanes) is 1. The Balaban J connectivity index is 1.50. The molecular formula is C27H25ClO4. The number of ether oxygens (including phenoxy) is 2. The third-order valence-corrected chi connectivity index (χ3v) is 5.53. The van der Waals surface area contributed by atoms with Crippen LogP contribution in [0.2, 0.25) is 5.02 Å². The predicted octanol–water partition coefficient (Wildman–Crippen LogP) is 6.97. The van der Waals surface area contributed by atoms with Crippen molar-refractivity contribution in [3.8, 4) is 22.8 Å². The van der Waals surface area contributed by atoms with Crippen molar-refractivity contribution in [1.82, 2.24) is 0 Å². The highest BCUT2D eigenvalue weighted by Crippen LogP contribution is 2.35. The van der Waals surface area contributed by atoms with Crippen LogP contribution in [0.1, 0.15) is 24.0 Å². The van der Waals surface area contributed by atoms with Crippen LogP contribution >= 0.6 is 11.6 Å². The lowest BCUT2D eigenvalue weighted by atomic mass is 10.1. The smallest absolute Gasteiger partial charge is 0.235 e. The highest BCUT2D eigenvalue weighted by molar-refractivity contribution is 6.33. The van der Waals surface area contributed by atoms with E-state index in [1.165, 1.54) is 5.56 Å². The van der Waals surface area contributed by atoms with Crippen LogP contribution in [0.15, 0.2) is 75.9 Å². The number of benzene rings is 3. The molecule has 0 aliphatic carbocycles. The van der Waals surface area contributed by atoms with E-state index in [9.17, 15) is 4.79 Å². The molecule has 0 N–H and O–H groups in total. The second-order valence-electron chi connectivity index (χ2n) is 7.79. The van der Waals surface area contributed by atoms with Gasteiger partial charge in [-0.2, -0.15) is 0 Å². The highest BCUT2D eigenvalue weighted by atomic mass is 35.5. The minimum atomic E-state index is -0.197. The van der Waals surface area contributed by atoms with Crippen LogP contribution in [0.3, 0.4) is 0 Å². The first kappa shape index (κ1) is 22.0. The van der Waals surface area contributed by atoms with Gasteiger partial charge in [-0.3, -0.25) is 4.79 Å². The van der Waals surface area contributed by atoms with Crippen LogP contribution in [-0.4, -0.2) is 13.2 Å². The van der Waals surface area contributed by atoms with Gasteiger partial charge in [0.15, 0.2) is 5.76 Å². The van der Waals surface area contributed by atoms with Gasteiger partial charge in [0.1, 0.15) is 11.3 Å². The van der Waals surface area contributed by atoms with Crippen LogP contribution in [0.25, 0.3) is 22.3 Å². The Bertz CT molecular complexity index is 1280. The van der Waals surface area contributed by atoms with Crippen LogP contribution in [0, 0.1) is 13.8 Å². The lowest BCUT2D eigenvalue weighted by Crippen LogP contribution is -2.12. The topological polar surface area (TPSA) is 48.7 Å². The summed E-state index contributed by atoms with van der Waals surface area (Å²) in [6.07, 6.45) is 1.53. The molecule has 1 aromatic heterocycles. The van der Waals surface area contributed by atoms with Gasteiger partial charge in [-0.25, -0.2) is 0 Å². The van der Waals surface area contributed by atoms with Gasteiger partial charge in [0.25, 0.3) is 0 Å². The zero-order chi connectivity index (χ0) is 22.5. The summed E-state index contributed by atoms with van der Waals surface area (Å²) in [7, 11) is 0. The molecule has 164 valence electrons. The molecule has 4 aromatic rings. The van der Waals surface area contributed by atoms with Gasteiger partial charge in [-0.1, -0.05) is 47.5 Å². The van der Waals surface area contributed by atoms with E-state index in [1.54, 1.807) is 12.1 Å². The van der Waals surface area contributed by atoms with Crippen LogP contribution < -0.4 is 14.9 Å². The number of halogens is 1. The number of fused-ring (bicyclic) bond motifs is 1. The summed E-state index contributed by atoms with van der Waals surface area (Å²) in [6, 6.07) is 20.8. The van der Waals surface area contributed by atoms with Crippen LogP contribution in [0.4, 0.5) is 0 Å². The molecule has 3 aromatic carbocycles. The Morgan fingerprint density at radius 2 is 1.53 bits per heavy atom. The molecule has 0 saturated heterocycles. The van der Waals surface area contributed by atoms with Crippen molar-refractivity contribution in [3.05, 3.63) is 93.1 Å². The average molecular weight is 449 g/mol. The molecule has 1 heterocycles. The van der Waals surface area contributed by atoms with Gasteiger partial charge in [0, 0.05) is 5.56 Å². The van der Waals surface area contributed by atoms with Crippen molar-refractivity contribution in [2.75, 3.05) is 13.2 Å². The second kappa shape index (κ2) is 9.92. The van der Waals surface area contributed by atoms with Crippen LogP contribution in [-0.2, 0) is 0 Å². The van der Waals surface area contributed by atoms with Gasteiger partial charge < -0.3 is 13.9 Å². The molecule has 0 unspecified atom stereocenters. The quantitative estimate of drug-likeness (QED) is 0.273. The van der Waals surface area contributed by atoms with Gasteiger partial charge in [-0.05, 0) is 68.7 Å². The lowest BCUT2D eigenvalue weighted by Gasteiger charge is -2.13. The van der Waals surface area contributed by atoms with E-state index >= 15 is 0 Å². The molecule has 0 atom stereocenters. The van der Waals surface area contributed by atoms with Gasteiger partial charge in [-0.15, -0.1) is 0 Å². The summed E-state index contributed by atoms with van der Waals surface area (Å²) in [4.78, 5) is 13.2. The molecule has 0 aliphatic heterocycles. The molecule has 0 radical (unpaired) electrons. The predicted molar refractivity (Wildman–Crippen MR) is 129 cm³/mol. The summed E-state index contributed by atoms with van der Waals surface area (Å²) in [5.74, 6) is 1.39. The molecule has 0 aliphatic rings. The van der Waals surface area contributed by atoms with E-state index in [1.807, 2.05) is 68.4 Å². The Kier molecular flexibility index (Phi) is 6.81. The van der Waals surface area contributed by atoms with Crippen molar-refractivity contribution in [3.63, 3.8) is 0 Å². The maximum absolute atomic E-state index is 13.2. The maximum atomic E-state index is 13.2. The fourth-order valence-electron chi connectivity index (χ4n) is 3.44. The first-order valence-electron chi connectivity index (χ1n) is 10.7. The molecule has 0 amide bonds. The first-order valence-corrected chi connectivity index (χ1v) is 11.1. The molecule has 4 rings (SSSR count). The molecule has 4 nitrogen and oxygen atoms in total. The van der Waals surface area contributed by atoms with Gasteiger partial charge in [0.2, 0.25) is 11.2 Å². The molecule has 0 fully saturated rings. The minimum absolute atomic E-state index is 0.189. The zero-order valence-corrected chi connectivity index (χ0v) is 18.9. The Morgan fingerprint density at radius 3 is 2.28 bits per heavy atom. The number of hydrogen-bond donors (Lipinski definition) is 0. The fourth-order valence-corrected chi connectivity index (χ4v) is 3.66.